The van der Waals surface area contributed by atoms with Gasteiger partial charge in [-0.15, -0.1) is 0 Å². The molecule has 0 saturated heterocycles. The quantitative estimate of drug-likeness (QED) is 0.463. The van der Waals surface area contributed by atoms with Crippen LogP contribution in [-0.4, -0.2) is 38.3 Å². The third kappa shape index (κ3) is 4.27. The molecule has 3 rings (SSSR count). The summed E-state index contributed by atoms with van der Waals surface area (Å²) < 4.78 is 16.7. The maximum Gasteiger partial charge on any atom is 0.254 e. The fourth-order valence-electron chi connectivity index (χ4n) is 2.60. The molecule has 28 heavy (non-hydrogen) atoms. The van der Waals surface area contributed by atoms with Crippen LogP contribution >= 0.6 is 11.6 Å². The molecule has 1 amide bonds. The second-order valence-corrected chi connectivity index (χ2v) is 6.29. The first-order chi connectivity index (χ1) is 13.5. The Morgan fingerprint density at radius 3 is 2.71 bits per heavy atom. The molecule has 0 spiro atoms. The highest BCUT2D eigenvalue weighted by atomic mass is 35.5. The summed E-state index contributed by atoms with van der Waals surface area (Å²) in [5, 5.41) is 3.68. The molecule has 146 valence electrons. The van der Waals surface area contributed by atoms with E-state index in [0.29, 0.717) is 57.6 Å². The predicted molar refractivity (Wildman–Crippen MR) is 108 cm³/mol. The molecule has 3 aromatic rings. The van der Waals surface area contributed by atoms with Crippen LogP contribution in [0.15, 0.2) is 42.6 Å². The van der Waals surface area contributed by atoms with Crippen molar-refractivity contribution in [2.45, 2.75) is 0 Å². The zero-order chi connectivity index (χ0) is 20.1. The highest BCUT2D eigenvalue weighted by Crippen LogP contribution is 2.34. The van der Waals surface area contributed by atoms with Gasteiger partial charge in [0.2, 0.25) is 0 Å². The fraction of sp³-hybridized carbons (Fsp3) is 0.200. The van der Waals surface area contributed by atoms with Gasteiger partial charge in [-0.2, -0.15) is 0 Å². The molecule has 0 atom stereocenters. The van der Waals surface area contributed by atoms with E-state index in [4.69, 9.17) is 31.5 Å². The van der Waals surface area contributed by atoms with Gasteiger partial charge >= 0.3 is 0 Å². The second-order valence-electron chi connectivity index (χ2n) is 5.88. The zero-order valence-corrected chi connectivity index (χ0v) is 16.2. The molecule has 0 bridgehead atoms. The molecule has 2 aromatic carbocycles. The number of carbonyl (C=O) groups is 1. The summed E-state index contributed by atoms with van der Waals surface area (Å²) in [6, 6.07) is 10.1. The number of pyridine rings is 1. The highest BCUT2D eigenvalue weighted by Gasteiger charge is 2.16. The third-order valence-electron chi connectivity index (χ3n) is 4.02. The molecule has 1 aromatic heterocycles. The summed E-state index contributed by atoms with van der Waals surface area (Å²) in [5.74, 6) is 1.19. The van der Waals surface area contributed by atoms with Crippen LogP contribution in [0.25, 0.3) is 10.9 Å². The monoisotopic (exact) mass is 401 g/mol. The molecule has 0 unspecified atom stereocenters. The Kier molecular flexibility index (Phi) is 6.18. The number of halogens is 1. The van der Waals surface area contributed by atoms with Crippen LogP contribution in [0.2, 0.25) is 5.02 Å². The van der Waals surface area contributed by atoms with Crippen molar-refractivity contribution in [3.63, 3.8) is 0 Å². The van der Waals surface area contributed by atoms with Crippen molar-refractivity contribution in [1.82, 2.24) is 10.3 Å². The molecule has 0 radical (unpaired) electrons. The number of ether oxygens (including phenoxy) is 3. The topological polar surface area (TPSA) is 95.7 Å². The van der Waals surface area contributed by atoms with Gasteiger partial charge in [0.15, 0.2) is 0 Å². The van der Waals surface area contributed by atoms with Gasteiger partial charge in [-0.1, -0.05) is 11.6 Å². The molecule has 0 aliphatic carbocycles. The number of hydrogen-bond acceptors (Lipinski definition) is 6. The number of carbonyl (C=O) groups excluding carboxylic acids is 1. The van der Waals surface area contributed by atoms with Crippen molar-refractivity contribution >= 4 is 34.1 Å². The lowest BCUT2D eigenvalue weighted by atomic mass is 10.1. The van der Waals surface area contributed by atoms with Gasteiger partial charge in [0.25, 0.3) is 5.91 Å². The Bertz CT molecular complexity index is 1010. The Balaban J connectivity index is 2.04. The van der Waals surface area contributed by atoms with Crippen LogP contribution in [0.3, 0.4) is 0 Å². The third-order valence-corrected chi connectivity index (χ3v) is 4.35. The molecule has 3 N–H and O–H groups in total. The van der Waals surface area contributed by atoms with E-state index in [1.807, 2.05) is 0 Å². The molecule has 8 heteroatoms. The van der Waals surface area contributed by atoms with Crippen molar-refractivity contribution in [1.29, 1.82) is 0 Å². The van der Waals surface area contributed by atoms with Gasteiger partial charge in [0, 0.05) is 37.9 Å². The Labute approximate surface area is 167 Å². The largest absolute Gasteiger partial charge is 0.490 e. The number of fused-ring (bicyclic) bond motifs is 1. The molecule has 0 fully saturated rings. The van der Waals surface area contributed by atoms with Crippen LogP contribution in [0, 0.1) is 0 Å². The molecule has 0 aliphatic rings. The number of nitrogens with zero attached hydrogens (tertiary/aromatic N) is 1. The van der Waals surface area contributed by atoms with Crippen LogP contribution in [0.4, 0.5) is 5.69 Å². The van der Waals surface area contributed by atoms with Crippen LogP contribution in [-0.2, 0) is 4.74 Å². The number of aromatic nitrogens is 1. The molecule has 0 aliphatic heterocycles. The summed E-state index contributed by atoms with van der Waals surface area (Å²) in [6.45, 7) is 0.714. The van der Waals surface area contributed by atoms with E-state index >= 15 is 0 Å². The summed E-state index contributed by atoms with van der Waals surface area (Å²) in [5.41, 5.74) is 7.21. The molecular weight excluding hydrogens is 382 g/mol. The lowest BCUT2D eigenvalue weighted by molar-refractivity contribution is 0.0955. The van der Waals surface area contributed by atoms with E-state index < -0.39 is 0 Å². The van der Waals surface area contributed by atoms with Gasteiger partial charge in [-0.05, 0) is 24.3 Å². The Morgan fingerprint density at radius 2 is 2.00 bits per heavy atom. The Morgan fingerprint density at radius 1 is 1.18 bits per heavy atom. The second kappa shape index (κ2) is 8.77. The lowest BCUT2D eigenvalue weighted by Gasteiger charge is -2.14. The van der Waals surface area contributed by atoms with Crippen molar-refractivity contribution in [3.8, 4) is 17.2 Å². The summed E-state index contributed by atoms with van der Waals surface area (Å²) in [6.07, 6.45) is 1.62. The number of nitrogens with one attached hydrogen (secondary N) is 1. The van der Waals surface area contributed by atoms with E-state index in [1.165, 1.54) is 0 Å². The van der Waals surface area contributed by atoms with E-state index in [2.05, 4.69) is 10.3 Å². The van der Waals surface area contributed by atoms with Crippen molar-refractivity contribution < 1.29 is 19.0 Å². The summed E-state index contributed by atoms with van der Waals surface area (Å²) in [7, 11) is 3.14. The predicted octanol–water partition coefficient (Wildman–Crippen LogP) is 3.65. The van der Waals surface area contributed by atoms with E-state index in [1.54, 1.807) is 56.8 Å². The lowest BCUT2D eigenvalue weighted by Crippen LogP contribution is -2.19. The first-order valence-electron chi connectivity index (χ1n) is 8.53. The molecular formula is C20H20ClN3O4. The number of nitrogens with two attached hydrogens (primary N) is 1. The minimum absolute atomic E-state index is 0.278. The normalized spacial score (nSPS) is 10.7. The molecule has 1 heterocycles. The number of benzene rings is 2. The number of amides is 1. The van der Waals surface area contributed by atoms with E-state index in [-0.39, 0.29) is 5.91 Å². The fourth-order valence-corrected chi connectivity index (χ4v) is 2.77. The van der Waals surface area contributed by atoms with Gasteiger partial charge in [-0.3, -0.25) is 9.78 Å². The number of methoxy groups -OCH3 is 1. The first kappa shape index (κ1) is 19.7. The highest BCUT2D eigenvalue weighted by molar-refractivity contribution is 6.33. The van der Waals surface area contributed by atoms with E-state index in [0.717, 1.165) is 0 Å². The molecule has 7 nitrogen and oxygen atoms in total. The number of rotatable bonds is 7. The van der Waals surface area contributed by atoms with Crippen LogP contribution in [0.5, 0.6) is 17.2 Å². The van der Waals surface area contributed by atoms with Gasteiger partial charge in [0.1, 0.15) is 23.9 Å². The van der Waals surface area contributed by atoms with Crippen molar-refractivity contribution in [2.75, 3.05) is 33.1 Å². The van der Waals surface area contributed by atoms with E-state index in [9.17, 15) is 4.79 Å². The van der Waals surface area contributed by atoms with Gasteiger partial charge in [-0.25, -0.2) is 0 Å². The maximum atomic E-state index is 12.3. The van der Waals surface area contributed by atoms with Crippen molar-refractivity contribution in [3.05, 3.63) is 53.2 Å². The number of hydrogen-bond donors (Lipinski definition) is 2. The summed E-state index contributed by atoms with van der Waals surface area (Å²) >= 11 is 6.07. The van der Waals surface area contributed by atoms with Crippen LogP contribution < -0.4 is 20.5 Å². The molecule has 0 saturated carbocycles. The maximum absolute atomic E-state index is 12.3. The minimum Gasteiger partial charge on any atom is -0.490 e. The van der Waals surface area contributed by atoms with Crippen LogP contribution in [0.1, 0.15) is 10.4 Å². The summed E-state index contributed by atoms with van der Waals surface area (Å²) in [4.78, 5) is 16.7. The number of anilines is 1. The zero-order valence-electron chi connectivity index (χ0n) is 15.5. The van der Waals surface area contributed by atoms with Crippen molar-refractivity contribution in [2.24, 2.45) is 0 Å². The Hall–Kier alpha value is -3.03. The van der Waals surface area contributed by atoms with Gasteiger partial charge in [0.05, 0.1) is 28.4 Å². The minimum atomic E-state index is -0.278. The first-order valence-corrected chi connectivity index (χ1v) is 8.90. The van der Waals surface area contributed by atoms with Gasteiger partial charge < -0.3 is 25.3 Å². The SMILES string of the molecule is CNC(=O)c1cc2c(Oc3ccc(N)c(Cl)c3)ccnc2cc1OCCOC. The average molecular weight is 402 g/mol. The average Bonchev–Trinajstić information content (AvgIpc) is 2.70. The smallest absolute Gasteiger partial charge is 0.254 e. The standard InChI is InChI=1S/C20H20ClN3O4/c1-23-20(25)14-10-13-17(11-19(14)27-8-7-26-2)24-6-5-18(13)28-12-3-4-16(22)15(21)9-12/h3-6,9-11H,7-8,22H2,1-2H3,(H,23,25). The number of nitrogen functional groups attached to an aromatic ring is 1.